The molecule has 4 aromatic rings. The number of hydrogen-bond donors (Lipinski definition) is 5. The van der Waals surface area contributed by atoms with Crippen LogP contribution in [0.5, 0.6) is 11.5 Å². The second-order valence-electron chi connectivity index (χ2n) is 22.4. The van der Waals surface area contributed by atoms with Gasteiger partial charge in [0.05, 0.1) is 11.9 Å². The van der Waals surface area contributed by atoms with Crippen molar-refractivity contribution in [3.63, 3.8) is 0 Å². The number of rotatable bonds is 16. The molecule has 0 aromatic heterocycles. The van der Waals surface area contributed by atoms with Crippen LogP contribution in [0.1, 0.15) is 123 Å². The topological polar surface area (TPSA) is 263 Å². The number of hydrogen-bond acceptors (Lipinski definition) is 14. The Morgan fingerprint density at radius 3 is 1.79 bits per heavy atom. The van der Waals surface area contributed by atoms with Gasteiger partial charge < -0.3 is 55.2 Å². The fourth-order valence-electron chi connectivity index (χ4n) is 8.21. The molecule has 6 amide bonds. The Kier molecular flexibility index (Phi) is 21.9. The minimum atomic E-state index is -1.64. The molecule has 5 N–H and O–H groups in total. The molecule has 81 heavy (non-hydrogen) atoms. The summed E-state index contributed by atoms with van der Waals surface area (Å²) in [5.41, 5.74) is -0.457. The highest BCUT2D eigenvalue weighted by molar-refractivity contribution is 6.30. The zero-order valence-electron chi connectivity index (χ0n) is 47.6. The van der Waals surface area contributed by atoms with Crippen LogP contribution in [-0.2, 0) is 44.6 Å². The maximum Gasteiger partial charge on any atom is 0.514 e. The van der Waals surface area contributed by atoms with Crippen LogP contribution in [0.4, 0.5) is 14.4 Å². The van der Waals surface area contributed by atoms with Crippen molar-refractivity contribution in [2.45, 2.75) is 149 Å². The van der Waals surface area contributed by atoms with Crippen LogP contribution in [0.25, 0.3) is 22.3 Å². The second kappa shape index (κ2) is 27.6. The number of likely N-dealkylation sites (N-methyl/N-ethyl adjacent to an activating group) is 1. The Morgan fingerprint density at radius 1 is 0.691 bits per heavy atom. The maximum atomic E-state index is 15.2. The summed E-state index contributed by atoms with van der Waals surface area (Å²) < 4.78 is 28.0. The standard InChI is InChI=1S/C59H72Cl2N6O14/c1-33(45(68)32-60)63-51(71)44-30-35-16-26-46(77-55(75)80-58(6,7)8)41(29-35)42-31-39(23-27-47(42)78-56(76)81-59(9,10)11)48(52(72)64-34(2)49(69)66-44)67(12)53(73)43(15-13-14-28-62-54(74)79-57(3,4)5)65-50(70)38-19-17-36(18-20-38)37-21-24-40(61)25-22-37/h16-27,29,31,33-34,43-44,48H,13-15,28,30,32H2,1-12H3,(H,62,74)(H,63,71)(H,64,72)(H,65,70)(H,66,69)/t33-,34-,43-,44-,48-/m0/s1. The van der Waals surface area contributed by atoms with Crippen molar-refractivity contribution < 1.29 is 66.8 Å². The van der Waals surface area contributed by atoms with Crippen LogP contribution >= 0.6 is 23.2 Å². The predicted molar refractivity (Wildman–Crippen MR) is 304 cm³/mol. The lowest BCUT2D eigenvalue weighted by atomic mass is 9.93. The van der Waals surface area contributed by atoms with Crippen LogP contribution in [0.15, 0.2) is 84.9 Å². The smallest absolute Gasteiger partial charge is 0.444 e. The van der Waals surface area contributed by atoms with Gasteiger partial charge in [0.2, 0.25) is 23.6 Å². The van der Waals surface area contributed by atoms with E-state index in [9.17, 15) is 33.6 Å². The Balaban J connectivity index is 1.67. The molecule has 5 atom stereocenters. The Hall–Kier alpha value is -7.71. The van der Waals surface area contributed by atoms with Gasteiger partial charge in [-0.25, -0.2) is 14.4 Å². The van der Waals surface area contributed by atoms with E-state index >= 15 is 9.59 Å². The molecule has 4 bridgehead atoms. The van der Waals surface area contributed by atoms with Gasteiger partial charge in [-0.15, -0.1) is 11.6 Å². The molecule has 4 aromatic carbocycles. The molecule has 5 rings (SSSR count). The molecule has 1 heterocycles. The molecule has 1 aliphatic rings. The fraction of sp³-hybridized carbons (Fsp3) is 0.441. The summed E-state index contributed by atoms with van der Waals surface area (Å²) in [5.74, 6) is -5.16. The number of alkyl halides is 1. The van der Waals surface area contributed by atoms with E-state index in [-0.39, 0.29) is 59.6 Å². The molecule has 436 valence electrons. The van der Waals surface area contributed by atoms with Crippen LogP contribution < -0.4 is 36.1 Å². The van der Waals surface area contributed by atoms with Gasteiger partial charge in [0.15, 0.2) is 5.78 Å². The molecule has 0 radical (unpaired) electrons. The van der Waals surface area contributed by atoms with E-state index in [2.05, 4.69) is 26.6 Å². The van der Waals surface area contributed by atoms with Gasteiger partial charge in [-0.3, -0.25) is 28.8 Å². The zero-order valence-corrected chi connectivity index (χ0v) is 49.1. The van der Waals surface area contributed by atoms with Crippen LogP contribution in [0.2, 0.25) is 5.02 Å². The summed E-state index contributed by atoms with van der Waals surface area (Å²) in [7, 11) is 1.33. The lowest BCUT2D eigenvalue weighted by Gasteiger charge is -2.33. The molecule has 0 spiro atoms. The van der Waals surface area contributed by atoms with Gasteiger partial charge in [-0.2, -0.15) is 0 Å². The Bertz CT molecular complexity index is 2970. The first kappa shape index (κ1) is 64.1. The predicted octanol–water partition coefficient (Wildman–Crippen LogP) is 9.15. The first-order chi connectivity index (χ1) is 37.8. The van der Waals surface area contributed by atoms with Gasteiger partial charge in [0.25, 0.3) is 5.91 Å². The molecule has 0 aliphatic carbocycles. The molecule has 20 nitrogen and oxygen atoms in total. The van der Waals surface area contributed by atoms with E-state index in [0.29, 0.717) is 17.0 Å². The first-order valence-corrected chi connectivity index (χ1v) is 27.2. The van der Waals surface area contributed by atoms with Gasteiger partial charge in [0.1, 0.15) is 52.5 Å². The number of Topliss-reactive ketones (excluding diaryl/α,β-unsaturated/α-hetero) is 1. The Morgan fingerprint density at radius 2 is 1.23 bits per heavy atom. The van der Waals surface area contributed by atoms with E-state index in [4.69, 9.17) is 46.9 Å². The number of nitrogens with one attached hydrogen (secondary N) is 5. The molecule has 1 aliphatic heterocycles. The minimum absolute atomic E-state index is 0.00551. The number of benzene rings is 4. The maximum absolute atomic E-state index is 15.2. The third-order valence-corrected chi connectivity index (χ3v) is 12.6. The van der Waals surface area contributed by atoms with Crippen LogP contribution in [-0.4, -0.2) is 119 Å². The summed E-state index contributed by atoms with van der Waals surface area (Å²) in [6.45, 7) is 17.9. The highest BCUT2D eigenvalue weighted by atomic mass is 35.5. The summed E-state index contributed by atoms with van der Waals surface area (Å²) >= 11 is 11.9. The van der Waals surface area contributed by atoms with Crippen molar-refractivity contribution in [1.82, 2.24) is 31.5 Å². The average Bonchev–Trinajstić information content (AvgIpc) is 3.48. The van der Waals surface area contributed by atoms with Crippen molar-refractivity contribution in [2.24, 2.45) is 0 Å². The SMILES string of the molecule is C[C@H](NC(=O)[C@@H]1Cc2ccc(OC(=O)OC(C)(C)C)c(c2)-c2cc(ccc2OC(=O)OC(C)(C)C)[C@H](N(C)C(=O)[C@H](CCCCNC(=O)OC(C)(C)C)NC(=O)c2ccc(-c3ccc(Cl)cc3)cc2)C(=O)N[C@@H](C)C(=O)N1)C(=O)CCl. The van der Waals surface area contributed by atoms with Crippen molar-refractivity contribution in [3.8, 4) is 33.8 Å². The highest BCUT2D eigenvalue weighted by Gasteiger charge is 2.37. The number of fused-ring (bicyclic) bond motifs is 5. The molecule has 0 saturated carbocycles. The monoisotopic (exact) mass is 1160 g/mol. The third-order valence-electron chi connectivity index (χ3n) is 12.1. The number of ether oxygens (including phenoxy) is 5. The number of carbonyl (C=O) groups excluding carboxylic acids is 9. The lowest BCUT2D eigenvalue weighted by Crippen LogP contribution is -2.57. The summed E-state index contributed by atoms with van der Waals surface area (Å²) in [5, 5.41) is 14.0. The van der Waals surface area contributed by atoms with E-state index in [1.807, 2.05) is 12.1 Å². The number of carbonyl (C=O) groups is 9. The summed E-state index contributed by atoms with van der Waals surface area (Å²) in [6, 6.07) is 15.6. The van der Waals surface area contributed by atoms with E-state index in [0.717, 1.165) is 16.0 Å². The molecule has 0 fully saturated rings. The first-order valence-electron chi connectivity index (χ1n) is 26.3. The van der Waals surface area contributed by atoms with E-state index in [1.165, 1.54) is 57.3 Å². The van der Waals surface area contributed by atoms with Crippen molar-refractivity contribution in [1.29, 1.82) is 0 Å². The molecular weight excluding hydrogens is 1090 g/mol. The average molecular weight is 1160 g/mol. The van der Waals surface area contributed by atoms with Crippen molar-refractivity contribution in [3.05, 3.63) is 107 Å². The number of unbranched alkanes of at least 4 members (excludes halogenated alkanes) is 1. The normalized spacial score (nSPS) is 16.3. The number of ketones is 1. The largest absolute Gasteiger partial charge is 0.514 e. The minimum Gasteiger partial charge on any atom is -0.444 e. The van der Waals surface area contributed by atoms with Crippen molar-refractivity contribution >= 4 is 76.9 Å². The molecule has 0 unspecified atom stereocenters. The number of alkyl carbamates (subject to hydrolysis) is 1. The molecular formula is C59H72Cl2N6O14. The van der Waals surface area contributed by atoms with Crippen molar-refractivity contribution in [2.75, 3.05) is 19.5 Å². The number of halogens is 2. The molecule has 22 heteroatoms. The third kappa shape index (κ3) is 19.5. The highest BCUT2D eigenvalue weighted by Crippen LogP contribution is 2.41. The molecule has 0 saturated heterocycles. The Labute approximate surface area is 482 Å². The second-order valence-corrected chi connectivity index (χ2v) is 23.1. The van der Waals surface area contributed by atoms with Gasteiger partial charge in [0, 0.05) is 41.7 Å². The van der Waals surface area contributed by atoms with Gasteiger partial charge in [-0.1, -0.05) is 48.0 Å². The number of amides is 6. The van der Waals surface area contributed by atoms with Gasteiger partial charge >= 0.3 is 18.4 Å². The fourth-order valence-corrected chi connectivity index (χ4v) is 8.57. The van der Waals surface area contributed by atoms with E-state index in [1.54, 1.807) is 98.7 Å². The number of nitrogens with zero attached hydrogens (tertiary/aromatic N) is 1. The van der Waals surface area contributed by atoms with E-state index < -0.39 is 107 Å². The van der Waals surface area contributed by atoms with Crippen LogP contribution in [0, 0.1) is 0 Å². The lowest BCUT2D eigenvalue weighted by molar-refractivity contribution is -0.141. The quantitative estimate of drug-likeness (QED) is 0.0230. The summed E-state index contributed by atoms with van der Waals surface area (Å²) in [4.78, 5) is 126. The van der Waals surface area contributed by atoms with Gasteiger partial charge in [-0.05, 0) is 166 Å². The van der Waals surface area contributed by atoms with Crippen LogP contribution in [0.3, 0.4) is 0 Å². The summed E-state index contributed by atoms with van der Waals surface area (Å²) in [6.07, 6.45) is -2.52. The zero-order chi connectivity index (χ0) is 60.1.